The van der Waals surface area contributed by atoms with Gasteiger partial charge in [-0.2, -0.15) is 0 Å². The van der Waals surface area contributed by atoms with E-state index in [0.29, 0.717) is 24.7 Å². The first-order valence-corrected chi connectivity index (χ1v) is 8.83. The molecule has 1 aliphatic carbocycles. The molecule has 1 aliphatic heterocycles. The third-order valence-electron chi connectivity index (χ3n) is 5.01. The van der Waals surface area contributed by atoms with Gasteiger partial charge in [0.25, 0.3) is 5.56 Å². The molecule has 2 fully saturated rings. The zero-order valence-electron chi connectivity index (χ0n) is 14.5. The molecule has 26 heavy (non-hydrogen) atoms. The number of aromatic nitrogens is 3. The minimum absolute atomic E-state index is 0.0590. The van der Waals surface area contributed by atoms with Crippen LogP contribution in [-0.2, 0) is 4.79 Å². The minimum atomic E-state index is -0.114. The van der Waals surface area contributed by atoms with Gasteiger partial charge < -0.3 is 14.8 Å². The van der Waals surface area contributed by atoms with Crippen LogP contribution in [0.25, 0.3) is 11.3 Å². The molecular formula is C19H21N5O2. The number of rotatable bonds is 6. The third kappa shape index (κ3) is 3.24. The summed E-state index contributed by atoms with van der Waals surface area (Å²) in [6.07, 6.45) is 8.58. The highest BCUT2D eigenvalue weighted by Crippen LogP contribution is 2.33. The highest BCUT2D eigenvalue weighted by atomic mass is 16.2. The molecule has 0 radical (unpaired) electrons. The maximum absolute atomic E-state index is 12.5. The van der Waals surface area contributed by atoms with Gasteiger partial charge in [0.2, 0.25) is 5.91 Å². The summed E-state index contributed by atoms with van der Waals surface area (Å²) in [5.74, 6) is 0.567. The van der Waals surface area contributed by atoms with E-state index in [-0.39, 0.29) is 17.5 Å². The number of hydrogen-bond donors (Lipinski definition) is 1. The maximum Gasteiger partial charge on any atom is 0.271 e. The van der Waals surface area contributed by atoms with Crippen LogP contribution < -0.4 is 10.5 Å². The van der Waals surface area contributed by atoms with E-state index in [2.05, 4.69) is 26.4 Å². The molecule has 1 saturated carbocycles. The summed E-state index contributed by atoms with van der Waals surface area (Å²) in [7, 11) is 0. The van der Waals surface area contributed by atoms with Crippen molar-refractivity contribution in [2.24, 2.45) is 5.92 Å². The largest absolute Gasteiger partial charge is 0.360 e. The van der Waals surface area contributed by atoms with Gasteiger partial charge in [0.05, 0.1) is 11.7 Å². The summed E-state index contributed by atoms with van der Waals surface area (Å²) in [6.45, 7) is 5.62. The zero-order valence-corrected chi connectivity index (χ0v) is 14.5. The third-order valence-corrected chi connectivity index (χ3v) is 5.01. The average molecular weight is 351 g/mol. The normalized spacial score (nSPS) is 16.8. The summed E-state index contributed by atoms with van der Waals surface area (Å²) in [5, 5.41) is 0. The molecule has 1 amide bonds. The number of carbonyl (C=O) groups is 1. The number of carbonyl (C=O) groups excluding carboxylic acids is 1. The molecule has 7 nitrogen and oxygen atoms in total. The van der Waals surface area contributed by atoms with Crippen molar-refractivity contribution in [2.75, 3.05) is 24.5 Å². The first-order valence-electron chi connectivity index (χ1n) is 8.83. The molecule has 4 rings (SSSR count). The van der Waals surface area contributed by atoms with Crippen molar-refractivity contribution in [2.45, 2.75) is 18.9 Å². The van der Waals surface area contributed by atoms with E-state index in [4.69, 9.17) is 0 Å². The average Bonchev–Trinajstić information content (AvgIpc) is 3.45. The van der Waals surface area contributed by atoms with Crippen LogP contribution in [0.5, 0.6) is 0 Å². The van der Waals surface area contributed by atoms with E-state index in [1.807, 2.05) is 12.1 Å². The van der Waals surface area contributed by atoms with Crippen LogP contribution in [0, 0.1) is 5.92 Å². The summed E-state index contributed by atoms with van der Waals surface area (Å²) in [5.41, 5.74) is 2.14. The lowest BCUT2D eigenvalue weighted by atomic mass is 10.0. The second kappa shape index (κ2) is 6.74. The lowest BCUT2D eigenvalue weighted by Crippen LogP contribution is -2.62. The summed E-state index contributed by atoms with van der Waals surface area (Å²) in [4.78, 5) is 39.2. The van der Waals surface area contributed by atoms with Crippen molar-refractivity contribution in [1.29, 1.82) is 0 Å². The smallest absolute Gasteiger partial charge is 0.271 e. The van der Waals surface area contributed by atoms with Gasteiger partial charge in [0, 0.05) is 37.6 Å². The Labute approximate surface area is 151 Å². The van der Waals surface area contributed by atoms with Gasteiger partial charge >= 0.3 is 0 Å². The molecule has 0 atom stereocenters. The standard InChI is InChI=1S/C19H21N5O2/c1-2-18(25)23-10-15(11-23)24(9-13-3-4-13)17-7-14(8-21-19(17)26)16-5-6-20-12-22-16/h2,5-8,12-13,15H,1,3-4,9-11H2,(H,21,26). The summed E-state index contributed by atoms with van der Waals surface area (Å²) < 4.78 is 0. The number of amides is 1. The quantitative estimate of drug-likeness (QED) is 0.797. The second-order valence-electron chi connectivity index (χ2n) is 6.89. The van der Waals surface area contributed by atoms with Crippen molar-refractivity contribution in [3.05, 3.63) is 53.9 Å². The van der Waals surface area contributed by atoms with Gasteiger partial charge in [0.1, 0.15) is 12.0 Å². The van der Waals surface area contributed by atoms with Crippen molar-refractivity contribution in [1.82, 2.24) is 19.9 Å². The van der Waals surface area contributed by atoms with E-state index in [0.717, 1.165) is 17.8 Å². The fourth-order valence-electron chi connectivity index (χ4n) is 3.28. The molecule has 1 saturated heterocycles. The first kappa shape index (κ1) is 16.5. The number of nitrogens with one attached hydrogen (secondary N) is 1. The number of anilines is 1. The Kier molecular flexibility index (Phi) is 4.28. The fraction of sp³-hybridized carbons (Fsp3) is 0.368. The Bertz CT molecular complexity index is 869. The van der Waals surface area contributed by atoms with Crippen molar-refractivity contribution >= 4 is 11.6 Å². The number of hydrogen-bond acceptors (Lipinski definition) is 5. The topological polar surface area (TPSA) is 82.2 Å². The summed E-state index contributed by atoms with van der Waals surface area (Å²) >= 11 is 0. The number of pyridine rings is 1. The van der Waals surface area contributed by atoms with E-state index in [1.54, 1.807) is 17.3 Å². The highest BCUT2D eigenvalue weighted by molar-refractivity contribution is 5.87. The molecule has 0 bridgehead atoms. The van der Waals surface area contributed by atoms with Crippen LogP contribution in [0.4, 0.5) is 5.69 Å². The zero-order chi connectivity index (χ0) is 18.1. The Morgan fingerprint density at radius 1 is 1.42 bits per heavy atom. The van der Waals surface area contributed by atoms with E-state index in [9.17, 15) is 9.59 Å². The van der Waals surface area contributed by atoms with E-state index >= 15 is 0 Å². The van der Waals surface area contributed by atoms with Gasteiger partial charge in [0.15, 0.2) is 0 Å². The molecule has 1 N–H and O–H groups in total. The van der Waals surface area contributed by atoms with Gasteiger partial charge in [-0.1, -0.05) is 6.58 Å². The van der Waals surface area contributed by atoms with E-state index in [1.165, 1.54) is 25.2 Å². The molecule has 7 heteroatoms. The van der Waals surface area contributed by atoms with Crippen molar-refractivity contribution in [3.8, 4) is 11.3 Å². The Balaban J connectivity index is 1.62. The molecular weight excluding hydrogens is 330 g/mol. The van der Waals surface area contributed by atoms with Crippen LogP contribution in [0.15, 0.2) is 48.3 Å². The molecule has 3 heterocycles. The Morgan fingerprint density at radius 2 is 2.23 bits per heavy atom. The molecule has 134 valence electrons. The predicted molar refractivity (Wildman–Crippen MR) is 98.7 cm³/mol. The maximum atomic E-state index is 12.5. The van der Waals surface area contributed by atoms with Gasteiger partial charge in [-0.3, -0.25) is 9.59 Å². The number of nitrogens with zero attached hydrogens (tertiary/aromatic N) is 4. The molecule has 2 aliphatic rings. The predicted octanol–water partition coefficient (Wildman–Crippen LogP) is 1.45. The SMILES string of the molecule is C=CC(=O)N1CC(N(CC2CC2)c2cc(-c3ccncn3)c[nH]c2=O)C1. The summed E-state index contributed by atoms with van der Waals surface area (Å²) in [6, 6.07) is 3.86. The molecule has 0 unspecified atom stereocenters. The minimum Gasteiger partial charge on any atom is -0.360 e. The Morgan fingerprint density at radius 3 is 2.88 bits per heavy atom. The van der Waals surface area contributed by atoms with E-state index < -0.39 is 0 Å². The van der Waals surface area contributed by atoms with Gasteiger partial charge in [-0.05, 0) is 37.0 Å². The van der Waals surface area contributed by atoms with Crippen molar-refractivity contribution in [3.63, 3.8) is 0 Å². The molecule has 2 aromatic rings. The van der Waals surface area contributed by atoms with Crippen LogP contribution in [0.2, 0.25) is 0 Å². The van der Waals surface area contributed by atoms with Crippen LogP contribution in [-0.4, -0.2) is 51.4 Å². The first-order chi connectivity index (χ1) is 12.7. The second-order valence-corrected chi connectivity index (χ2v) is 6.89. The Hall–Kier alpha value is -2.96. The molecule has 0 spiro atoms. The lowest BCUT2D eigenvalue weighted by Gasteiger charge is -2.46. The molecule has 0 aromatic carbocycles. The van der Waals surface area contributed by atoms with Gasteiger partial charge in [-0.15, -0.1) is 0 Å². The monoisotopic (exact) mass is 351 g/mol. The fourth-order valence-corrected chi connectivity index (χ4v) is 3.28. The van der Waals surface area contributed by atoms with Gasteiger partial charge in [-0.25, -0.2) is 9.97 Å². The van der Waals surface area contributed by atoms with Crippen LogP contribution >= 0.6 is 0 Å². The number of aromatic amines is 1. The lowest BCUT2D eigenvalue weighted by molar-refractivity contribution is -0.130. The van der Waals surface area contributed by atoms with Crippen LogP contribution in [0.1, 0.15) is 12.8 Å². The highest BCUT2D eigenvalue weighted by Gasteiger charge is 2.37. The number of H-pyrrole nitrogens is 1. The van der Waals surface area contributed by atoms with Crippen molar-refractivity contribution < 1.29 is 4.79 Å². The van der Waals surface area contributed by atoms with Crippen LogP contribution in [0.3, 0.4) is 0 Å². The number of likely N-dealkylation sites (tertiary alicyclic amines) is 1. The molecule has 2 aromatic heterocycles.